The molecule has 5 heteroatoms. The van der Waals surface area contributed by atoms with E-state index >= 15 is 0 Å². The van der Waals surface area contributed by atoms with Gasteiger partial charge in [-0.25, -0.2) is 0 Å². The number of allylic oxidation sites excluding steroid dienone is 3. The summed E-state index contributed by atoms with van der Waals surface area (Å²) in [4.78, 5) is 10.4. The average molecular weight is 317 g/mol. The Balaban J connectivity index is 1.98. The molecule has 5 nitrogen and oxygen atoms in total. The molecule has 2 aromatic carbocycles. The standard InChI is InChI=1S/C19H15N3O2/c1-13-7-9-17(15-5-3-4-6-15)19(11-13)21-20-18-10-8-16(22(23)24)12-14(18)2/h3-5,7-12H,1-2H3. The third-order valence-electron chi connectivity index (χ3n) is 3.70. The Morgan fingerprint density at radius 1 is 1.04 bits per heavy atom. The molecule has 1 aliphatic carbocycles. The monoisotopic (exact) mass is 317 g/mol. The summed E-state index contributed by atoms with van der Waals surface area (Å²) in [5, 5.41) is 19.4. The van der Waals surface area contributed by atoms with Gasteiger partial charge in [-0.05, 0) is 49.3 Å². The molecule has 0 saturated carbocycles. The van der Waals surface area contributed by atoms with Crippen LogP contribution in [-0.2, 0) is 0 Å². The fourth-order valence-corrected chi connectivity index (χ4v) is 2.42. The number of nitro groups is 1. The van der Waals surface area contributed by atoms with E-state index in [1.165, 1.54) is 12.1 Å². The summed E-state index contributed by atoms with van der Waals surface area (Å²) >= 11 is 0. The molecule has 24 heavy (non-hydrogen) atoms. The van der Waals surface area contributed by atoms with Gasteiger partial charge in [0.2, 0.25) is 0 Å². The predicted molar refractivity (Wildman–Crippen MR) is 93.8 cm³/mol. The van der Waals surface area contributed by atoms with Gasteiger partial charge in [-0.3, -0.25) is 10.1 Å². The molecule has 1 aliphatic rings. The lowest BCUT2D eigenvalue weighted by Crippen LogP contribution is -1.88. The van der Waals surface area contributed by atoms with Crippen LogP contribution in [0.5, 0.6) is 0 Å². The van der Waals surface area contributed by atoms with Crippen molar-refractivity contribution in [2.75, 3.05) is 0 Å². The van der Waals surface area contributed by atoms with Crippen LogP contribution in [0.4, 0.5) is 17.1 Å². The Morgan fingerprint density at radius 3 is 2.50 bits per heavy atom. The van der Waals surface area contributed by atoms with E-state index in [-0.39, 0.29) is 5.69 Å². The van der Waals surface area contributed by atoms with Gasteiger partial charge in [0.05, 0.1) is 16.3 Å². The summed E-state index contributed by atoms with van der Waals surface area (Å²) in [6.07, 6.45) is 5.76. The van der Waals surface area contributed by atoms with Crippen LogP contribution in [0, 0.1) is 24.0 Å². The number of non-ortho nitro benzene ring substituents is 1. The van der Waals surface area contributed by atoms with Crippen molar-refractivity contribution in [3.8, 4) is 0 Å². The zero-order chi connectivity index (χ0) is 17.1. The second kappa shape index (κ2) is 6.44. The molecule has 0 unspecified atom stereocenters. The topological polar surface area (TPSA) is 67.9 Å². The van der Waals surface area contributed by atoms with Gasteiger partial charge >= 0.3 is 0 Å². The van der Waals surface area contributed by atoms with Gasteiger partial charge in [-0.15, -0.1) is 10.8 Å². The fourth-order valence-electron chi connectivity index (χ4n) is 2.42. The second-order valence-electron chi connectivity index (χ2n) is 5.53. The normalized spacial score (nSPS) is 12.8. The second-order valence-corrected chi connectivity index (χ2v) is 5.53. The minimum Gasteiger partial charge on any atom is -0.258 e. The Hall–Kier alpha value is -3.30. The zero-order valence-corrected chi connectivity index (χ0v) is 13.4. The highest BCUT2D eigenvalue weighted by atomic mass is 16.6. The minimum atomic E-state index is -0.419. The van der Waals surface area contributed by atoms with Crippen molar-refractivity contribution >= 4 is 22.6 Å². The van der Waals surface area contributed by atoms with Crippen molar-refractivity contribution < 1.29 is 4.92 Å². The van der Waals surface area contributed by atoms with E-state index in [1.807, 2.05) is 43.4 Å². The van der Waals surface area contributed by atoms with Crippen LogP contribution in [0.2, 0.25) is 0 Å². The number of aryl methyl sites for hydroxylation is 2. The molecule has 0 radical (unpaired) electrons. The van der Waals surface area contributed by atoms with Gasteiger partial charge in [0, 0.05) is 23.3 Å². The number of rotatable bonds is 4. The maximum absolute atomic E-state index is 10.8. The molecule has 0 atom stereocenters. The minimum absolute atomic E-state index is 0.0501. The third kappa shape index (κ3) is 3.21. The Morgan fingerprint density at radius 2 is 1.83 bits per heavy atom. The Bertz CT molecular complexity index is 949. The van der Waals surface area contributed by atoms with Crippen molar-refractivity contribution in [1.29, 1.82) is 0 Å². The van der Waals surface area contributed by atoms with Gasteiger partial charge in [0.1, 0.15) is 0 Å². The molecule has 0 amide bonds. The lowest BCUT2D eigenvalue weighted by atomic mass is 10.0. The number of benzene rings is 2. The molecule has 0 heterocycles. The number of nitrogens with zero attached hydrogens (tertiary/aromatic N) is 3. The van der Waals surface area contributed by atoms with Crippen LogP contribution < -0.4 is 0 Å². The SMILES string of the molecule is Cc1ccc(C2=C=CC=C2)c(N=Nc2ccc([N+](=O)[O-])cc2C)c1. The molecule has 0 saturated heterocycles. The molecule has 0 spiro atoms. The van der Waals surface area contributed by atoms with Gasteiger partial charge in [0.25, 0.3) is 5.69 Å². The molecule has 0 aliphatic heterocycles. The number of nitro benzene ring substituents is 1. The molecule has 0 aromatic heterocycles. The fraction of sp³-hybridized carbons (Fsp3) is 0.105. The molecular formula is C19H15N3O2. The van der Waals surface area contributed by atoms with Crippen molar-refractivity contribution in [1.82, 2.24) is 0 Å². The van der Waals surface area contributed by atoms with Gasteiger partial charge in [-0.1, -0.05) is 18.2 Å². The number of hydrogen-bond acceptors (Lipinski definition) is 4. The van der Waals surface area contributed by atoms with Crippen molar-refractivity contribution in [3.05, 3.63) is 87.2 Å². The first-order chi connectivity index (χ1) is 11.5. The van der Waals surface area contributed by atoms with E-state index in [2.05, 4.69) is 16.0 Å². The van der Waals surface area contributed by atoms with Crippen LogP contribution in [0.1, 0.15) is 16.7 Å². The van der Waals surface area contributed by atoms with Gasteiger partial charge in [0.15, 0.2) is 0 Å². The maximum atomic E-state index is 10.8. The molecule has 0 N–H and O–H groups in total. The van der Waals surface area contributed by atoms with Crippen molar-refractivity contribution in [2.45, 2.75) is 13.8 Å². The number of hydrogen-bond donors (Lipinski definition) is 0. The molecule has 118 valence electrons. The largest absolute Gasteiger partial charge is 0.269 e. The predicted octanol–water partition coefficient (Wildman–Crippen LogP) is 5.74. The average Bonchev–Trinajstić information content (AvgIpc) is 3.08. The highest BCUT2D eigenvalue weighted by Gasteiger charge is 2.09. The zero-order valence-electron chi connectivity index (χ0n) is 13.4. The first kappa shape index (κ1) is 15.6. The van der Waals surface area contributed by atoms with E-state index in [9.17, 15) is 10.1 Å². The van der Waals surface area contributed by atoms with Crippen molar-refractivity contribution in [2.24, 2.45) is 10.2 Å². The van der Waals surface area contributed by atoms with Crippen LogP contribution >= 0.6 is 0 Å². The van der Waals surface area contributed by atoms with Crippen molar-refractivity contribution in [3.63, 3.8) is 0 Å². The van der Waals surface area contributed by atoms with E-state index in [0.29, 0.717) is 11.3 Å². The first-order valence-corrected chi connectivity index (χ1v) is 7.46. The summed E-state index contributed by atoms with van der Waals surface area (Å²) in [6, 6.07) is 10.5. The van der Waals surface area contributed by atoms with E-state index < -0.39 is 4.92 Å². The van der Waals surface area contributed by atoms with Gasteiger partial charge in [-0.2, -0.15) is 5.11 Å². The van der Waals surface area contributed by atoms with Crippen LogP contribution in [0.15, 0.2) is 70.6 Å². The van der Waals surface area contributed by atoms with Crippen LogP contribution in [0.25, 0.3) is 5.57 Å². The van der Waals surface area contributed by atoms with E-state index in [1.54, 1.807) is 13.0 Å². The maximum Gasteiger partial charge on any atom is 0.269 e. The van der Waals surface area contributed by atoms with Crippen LogP contribution in [0.3, 0.4) is 0 Å². The summed E-state index contributed by atoms with van der Waals surface area (Å²) in [7, 11) is 0. The third-order valence-corrected chi connectivity index (χ3v) is 3.70. The van der Waals surface area contributed by atoms with E-state index in [4.69, 9.17) is 0 Å². The van der Waals surface area contributed by atoms with Gasteiger partial charge < -0.3 is 0 Å². The Labute approximate surface area is 139 Å². The summed E-state index contributed by atoms with van der Waals surface area (Å²) < 4.78 is 0. The summed E-state index contributed by atoms with van der Waals surface area (Å²) in [6.45, 7) is 3.78. The van der Waals surface area contributed by atoms with E-state index in [0.717, 1.165) is 22.4 Å². The smallest absolute Gasteiger partial charge is 0.258 e. The molecular weight excluding hydrogens is 302 g/mol. The highest BCUT2D eigenvalue weighted by Crippen LogP contribution is 2.32. The Kier molecular flexibility index (Phi) is 4.18. The quantitative estimate of drug-likeness (QED) is 0.312. The lowest BCUT2D eigenvalue weighted by Gasteiger charge is -2.05. The summed E-state index contributed by atoms with van der Waals surface area (Å²) in [5.74, 6) is 0. The molecule has 0 fully saturated rings. The molecule has 3 rings (SSSR count). The first-order valence-electron chi connectivity index (χ1n) is 7.46. The molecule has 2 aromatic rings. The number of azo groups is 1. The summed E-state index contributed by atoms with van der Waals surface area (Å²) in [5.41, 5.74) is 8.28. The van der Waals surface area contributed by atoms with Crippen LogP contribution in [-0.4, -0.2) is 4.92 Å². The lowest BCUT2D eigenvalue weighted by molar-refractivity contribution is -0.384. The molecule has 0 bridgehead atoms. The highest BCUT2D eigenvalue weighted by molar-refractivity contribution is 5.82.